The van der Waals surface area contributed by atoms with Crippen LogP contribution in [0.15, 0.2) is 87.8 Å². The molecule has 194 valence electrons. The lowest BCUT2D eigenvalue weighted by atomic mass is 10.0. The number of nitrogens with zero attached hydrogens (tertiary/aromatic N) is 1. The highest BCUT2D eigenvalue weighted by atomic mass is 79.9. The highest BCUT2D eigenvalue weighted by molar-refractivity contribution is 9.10. The largest absolute Gasteiger partial charge is 0.352 e. The quantitative estimate of drug-likeness (QED) is 0.242. The molecular formula is C30H32Br2N2O2S. The van der Waals surface area contributed by atoms with Crippen LogP contribution >= 0.6 is 43.6 Å². The van der Waals surface area contributed by atoms with Gasteiger partial charge in [0.25, 0.3) is 0 Å². The minimum Gasteiger partial charge on any atom is -0.352 e. The lowest BCUT2D eigenvalue weighted by molar-refractivity contribution is -0.139. The molecule has 4 nitrogen and oxygen atoms in total. The van der Waals surface area contributed by atoms with Crippen molar-refractivity contribution >= 4 is 55.4 Å². The Morgan fingerprint density at radius 3 is 2.05 bits per heavy atom. The van der Waals surface area contributed by atoms with E-state index in [2.05, 4.69) is 49.3 Å². The molecule has 0 heterocycles. The molecule has 1 aliphatic rings. The summed E-state index contributed by atoms with van der Waals surface area (Å²) in [5, 5.41) is 3.27. The Kier molecular flexibility index (Phi) is 10.7. The molecule has 1 fully saturated rings. The molecule has 1 N–H and O–H groups in total. The number of amides is 2. The minimum absolute atomic E-state index is 0.0208. The summed E-state index contributed by atoms with van der Waals surface area (Å²) < 4.78 is 2.02. The van der Waals surface area contributed by atoms with E-state index in [4.69, 9.17) is 0 Å². The summed E-state index contributed by atoms with van der Waals surface area (Å²) in [5.74, 6) is 0.976. The van der Waals surface area contributed by atoms with E-state index in [1.54, 1.807) is 16.7 Å². The molecular weight excluding hydrogens is 612 g/mol. The van der Waals surface area contributed by atoms with Crippen LogP contribution in [-0.2, 0) is 28.3 Å². The van der Waals surface area contributed by atoms with Crippen molar-refractivity contribution in [2.24, 2.45) is 0 Å². The number of hydrogen-bond acceptors (Lipinski definition) is 3. The summed E-state index contributed by atoms with van der Waals surface area (Å²) in [6.45, 7) is 0.389. The number of rotatable bonds is 11. The molecule has 0 bridgehead atoms. The van der Waals surface area contributed by atoms with Gasteiger partial charge in [0.15, 0.2) is 0 Å². The molecule has 4 rings (SSSR count). The van der Waals surface area contributed by atoms with Gasteiger partial charge in [-0.2, -0.15) is 0 Å². The maximum Gasteiger partial charge on any atom is 0.243 e. The zero-order valence-electron chi connectivity index (χ0n) is 20.7. The number of carbonyl (C=O) groups excluding carboxylic acids is 2. The van der Waals surface area contributed by atoms with E-state index in [0.717, 1.165) is 51.5 Å². The number of benzene rings is 3. The van der Waals surface area contributed by atoms with Gasteiger partial charge in [0.2, 0.25) is 11.8 Å². The fourth-order valence-corrected chi connectivity index (χ4v) is 6.03. The van der Waals surface area contributed by atoms with Gasteiger partial charge >= 0.3 is 0 Å². The number of hydrogen-bond donors (Lipinski definition) is 1. The van der Waals surface area contributed by atoms with Crippen molar-refractivity contribution in [3.8, 4) is 0 Å². The van der Waals surface area contributed by atoms with Gasteiger partial charge in [-0.15, -0.1) is 11.8 Å². The van der Waals surface area contributed by atoms with Gasteiger partial charge in [0.1, 0.15) is 6.04 Å². The summed E-state index contributed by atoms with van der Waals surface area (Å²) in [6, 6.07) is 25.7. The third kappa shape index (κ3) is 8.72. The summed E-state index contributed by atoms with van der Waals surface area (Å²) in [7, 11) is 0. The van der Waals surface area contributed by atoms with Crippen molar-refractivity contribution < 1.29 is 9.59 Å². The molecule has 1 atom stereocenters. The van der Waals surface area contributed by atoms with E-state index in [9.17, 15) is 9.59 Å². The van der Waals surface area contributed by atoms with Crippen molar-refractivity contribution in [3.05, 3.63) is 104 Å². The molecule has 1 saturated carbocycles. The van der Waals surface area contributed by atoms with E-state index in [1.807, 2.05) is 66.7 Å². The minimum atomic E-state index is -0.576. The Bertz CT molecular complexity index is 1150. The summed E-state index contributed by atoms with van der Waals surface area (Å²) in [5.41, 5.74) is 3.21. The Labute approximate surface area is 240 Å². The zero-order chi connectivity index (χ0) is 26.0. The number of carbonyl (C=O) groups is 2. The standard InChI is InChI=1S/C30H32Br2N2O2S/c31-25-14-10-23(11-15-25)19-34(29(35)21-37-20-24-12-16-26(32)17-13-24)28(18-22-6-2-1-3-7-22)30(36)33-27-8-4-5-9-27/h1-3,6-7,10-17,27-28H,4-5,8-9,18-21H2,(H,33,36)/t28-/m1/s1. The van der Waals surface area contributed by atoms with Crippen LogP contribution in [0.5, 0.6) is 0 Å². The average Bonchev–Trinajstić information content (AvgIpc) is 3.42. The molecule has 2 amide bonds. The molecule has 3 aromatic rings. The van der Waals surface area contributed by atoms with Crippen LogP contribution < -0.4 is 5.32 Å². The predicted octanol–water partition coefficient (Wildman–Crippen LogP) is 7.14. The smallest absolute Gasteiger partial charge is 0.243 e. The molecule has 0 unspecified atom stereocenters. The van der Waals surface area contributed by atoms with E-state index in [-0.39, 0.29) is 17.9 Å². The Balaban J connectivity index is 1.55. The highest BCUT2D eigenvalue weighted by Crippen LogP contribution is 2.22. The zero-order valence-corrected chi connectivity index (χ0v) is 24.7. The molecule has 0 spiro atoms. The molecule has 0 saturated heterocycles. The van der Waals surface area contributed by atoms with E-state index in [0.29, 0.717) is 18.7 Å². The van der Waals surface area contributed by atoms with Gasteiger partial charge in [0, 0.05) is 33.7 Å². The molecule has 1 aliphatic carbocycles. The number of nitrogens with one attached hydrogen (secondary N) is 1. The predicted molar refractivity (Wildman–Crippen MR) is 159 cm³/mol. The van der Waals surface area contributed by atoms with Crippen LogP contribution in [0.4, 0.5) is 0 Å². The van der Waals surface area contributed by atoms with Gasteiger partial charge in [-0.25, -0.2) is 0 Å². The molecule has 0 aromatic heterocycles. The van der Waals surface area contributed by atoms with Crippen LogP contribution in [0.1, 0.15) is 42.4 Å². The van der Waals surface area contributed by atoms with Crippen molar-refractivity contribution in [3.63, 3.8) is 0 Å². The third-order valence-electron chi connectivity index (χ3n) is 6.65. The first-order valence-electron chi connectivity index (χ1n) is 12.7. The van der Waals surface area contributed by atoms with Crippen LogP contribution in [0.25, 0.3) is 0 Å². The van der Waals surface area contributed by atoms with Crippen LogP contribution in [0.2, 0.25) is 0 Å². The first-order valence-corrected chi connectivity index (χ1v) is 15.4. The second-order valence-corrected chi connectivity index (χ2v) is 12.3. The van der Waals surface area contributed by atoms with Gasteiger partial charge < -0.3 is 10.2 Å². The first kappa shape index (κ1) is 27.9. The maximum atomic E-state index is 13.7. The third-order valence-corrected chi connectivity index (χ3v) is 8.69. The second kappa shape index (κ2) is 14.2. The van der Waals surface area contributed by atoms with Crippen molar-refractivity contribution in [1.29, 1.82) is 0 Å². The van der Waals surface area contributed by atoms with Gasteiger partial charge in [-0.05, 0) is 53.8 Å². The fourth-order valence-electron chi connectivity index (χ4n) is 4.63. The maximum absolute atomic E-state index is 13.7. The first-order chi connectivity index (χ1) is 18.0. The topological polar surface area (TPSA) is 49.4 Å². The molecule has 37 heavy (non-hydrogen) atoms. The lowest BCUT2D eigenvalue weighted by Gasteiger charge is -2.32. The number of thioether (sulfide) groups is 1. The Hall–Kier alpha value is -2.09. The normalized spacial score (nSPS) is 14.3. The Morgan fingerprint density at radius 1 is 0.838 bits per heavy atom. The molecule has 3 aromatic carbocycles. The fraction of sp³-hybridized carbons (Fsp3) is 0.333. The number of halogens is 2. The van der Waals surface area contributed by atoms with Gasteiger partial charge in [0.05, 0.1) is 5.75 Å². The van der Waals surface area contributed by atoms with Crippen molar-refractivity contribution in [2.45, 2.75) is 56.5 Å². The van der Waals surface area contributed by atoms with Crippen LogP contribution in [0, 0.1) is 0 Å². The summed E-state index contributed by atoms with van der Waals surface area (Å²) in [6.07, 6.45) is 4.78. The monoisotopic (exact) mass is 642 g/mol. The van der Waals surface area contributed by atoms with Crippen LogP contribution in [0.3, 0.4) is 0 Å². The van der Waals surface area contributed by atoms with E-state index in [1.165, 1.54) is 5.56 Å². The van der Waals surface area contributed by atoms with Gasteiger partial charge in [-0.1, -0.05) is 99.3 Å². The SMILES string of the molecule is O=C(NC1CCCC1)[C@@H](Cc1ccccc1)N(Cc1ccc(Br)cc1)C(=O)CSCc1ccc(Br)cc1. The molecule has 0 aliphatic heterocycles. The van der Waals surface area contributed by atoms with Crippen molar-refractivity contribution in [2.75, 3.05) is 5.75 Å². The van der Waals surface area contributed by atoms with Crippen LogP contribution in [-0.4, -0.2) is 34.6 Å². The molecule has 0 radical (unpaired) electrons. The van der Waals surface area contributed by atoms with E-state index >= 15 is 0 Å². The second-order valence-electron chi connectivity index (χ2n) is 9.46. The van der Waals surface area contributed by atoms with Gasteiger partial charge in [-0.3, -0.25) is 9.59 Å². The highest BCUT2D eigenvalue weighted by Gasteiger charge is 2.32. The van der Waals surface area contributed by atoms with Crippen molar-refractivity contribution in [1.82, 2.24) is 10.2 Å². The summed E-state index contributed by atoms with van der Waals surface area (Å²) >= 11 is 8.55. The van der Waals surface area contributed by atoms with E-state index < -0.39 is 6.04 Å². The molecule has 7 heteroatoms. The Morgan fingerprint density at radius 2 is 1.43 bits per heavy atom. The lowest BCUT2D eigenvalue weighted by Crippen LogP contribution is -2.52. The summed E-state index contributed by atoms with van der Waals surface area (Å²) in [4.78, 5) is 29.2. The average molecular weight is 644 g/mol.